The summed E-state index contributed by atoms with van der Waals surface area (Å²) >= 11 is 0. The molecule has 0 aromatic carbocycles. The number of rotatable bonds is 39. The minimum absolute atomic E-state index is 0.0187. The van der Waals surface area contributed by atoms with Crippen LogP contribution in [0.4, 0.5) is 0 Å². The van der Waals surface area contributed by atoms with Crippen LogP contribution in [0.5, 0.6) is 0 Å². The molecule has 0 aliphatic carbocycles. The maximum atomic E-state index is 12.6. The second kappa shape index (κ2) is 41.9. The second-order valence-electron chi connectivity index (χ2n) is 14.1. The molecule has 12 heteroatoms. The Kier molecular flexibility index (Phi) is 39.2. The molecule has 0 aliphatic rings. The van der Waals surface area contributed by atoms with Crippen LogP contribution in [-0.2, 0) is 37.5 Å². The van der Waals surface area contributed by atoms with Crippen molar-refractivity contribution in [3.63, 3.8) is 0 Å². The summed E-state index contributed by atoms with van der Waals surface area (Å²) in [5.74, 6) is -2.57. The Labute approximate surface area is 361 Å². The van der Waals surface area contributed by atoms with E-state index in [1.165, 1.54) is 38.5 Å². The number of unbranched alkanes of at least 4 members (excludes halogenated alkanes) is 7. The van der Waals surface area contributed by atoms with Gasteiger partial charge in [0, 0.05) is 12.8 Å². The summed E-state index contributed by atoms with van der Waals surface area (Å²) in [6.45, 7) is 2.53. The van der Waals surface area contributed by atoms with Crippen LogP contribution in [0.25, 0.3) is 0 Å². The third-order valence-electron chi connectivity index (χ3n) is 8.52. The van der Waals surface area contributed by atoms with Crippen molar-refractivity contribution in [2.75, 3.05) is 19.8 Å². The topological polar surface area (TPSA) is 172 Å². The lowest BCUT2D eigenvalue weighted by Gasteiger charge is -2.20. The van der Waals surface area contributed by atoms with Crippen molar-refractivity contribution in [3.05, 3.63) is 109 Å². The number of ether oxygens (including phenoxy) is 2. The maximum Gasteiger partial charge on any atom is 0.472 e. The summed E-state index contributed by atoms with van der Waals surface area (Å²) in [6, 6.07) is -1.55. The van der Waals surface area contributed by atoms with Gasteiger partial charge in [-0.25, -0.2) is 4.57 Å². The molecule has 3 atom stereocenters. The van der Waals surface area contributed by atoms with Crippen LogP contribution in [0.15, 0.2) is 109 Å². The standard InChI is InChI=1S/C48H76NO10P/c1-3-5-7-9-11-13-15-17-19-21-22-24-26-28-30-32-34-36-38-40-47(51)59-44(42-57-60(54,55)58-43-45(49)48(52)53)41-56-46(50)39-37-35-33-31-29-27-25-23-20-18-16-14-12-10-8-6-4-2/h5,7,11,13,17-20,22,24-25,27-28,30-31,33-34,36,44-45H,3-4,6,8-10,12,14-16,21,23,26,29,32,35,37-43,49H2,1-2H3,(H,52,53)(H,54,55)/b7-5-,13-11-,19-17-,20-18-,24-22-,27-25-,30-28-,33-31-,36-34-/t44-,45+/m1/s1. The second-order valence-corrected chi connectivity index (χ2v) is 15.5. The minimum atomic E-state index is -4.76. The fourth-order valence-corrected chi connectivity index (χ4v) is 5.88. The SMILES string of the molecule is CC/C=C\C/C=C\C/C=C\C/C=C\C/C=C\C/C=C\CCC(=O)O[C@H](COC(=O)CCC/C=C\C/C=C\C/C=C\CCCCCCCC)COP(=O)(O)OC[C@H](N)C(=O)O. The lowest BCUT2D eigenvalue weighted by atomic mass is 10.1. The summed E-state index contributed by atoms with van der Waals surface area (Å²) in [4.78, 5) is 45.9. The van der Waals surface area contributed by atoms with Gasteiger partial charge in [0.05, 0.1) is 13.2 Å². The Morgan fingerprint density at radius 1 is 0.533 bits per heavy atom. The zero-order chi connectivity index (χ0) is 44.2. The molecule has 11 nitrogen and oxygen atoms in total. The molecule has 0 aromatic rings. The van der Waals surface area contributed by atoms with Gasteiger partial charge in [-0.05, 0) is 83.5 Å². The molecule has 0 saturated carbocycles. The number of allylic oxidation sites excluding steroid dienone is 18. The predicted octanol–water partition coefficient (Wildman–Crippen LogP) is 11.8. The number of carbonyl (C=O) groups is 3. The highest BCUT2D eigenvalue weighted by atomic mass is 31.2. The summed E-state index contributed by atoms with van der Waals surface area (Å²) in [5.41, 5.74) is 5.32. The molecule has 0 aliphatic heterocycles. The van der Waals surface area contributed by atoms with E-state index >= 15 is 0 Å². The summed E-state index contributed by atoms with van der Waals surface area (Å²) in [6.07, 6.45) is 54.6. The van der Waals surface area contributed by atoms with Crippen LogP contribution in [0.1, 0.15) is 142 Å². The van der Waals surface area contributed by atoms with E-state index in [-0.39, 0.29) is 12.8 Å². The van der Waals surface area contributed by atoms with Crippen molar-refractivity contribution in [3.8, 4) is 0 Å². The minimum Gasteiger partial charge on any atom is -0.480 e. The Hall–Kier alpha value is -3.86. The molecule has 0 radical (unpaired) electrons. The average molecular weight is 858 g/mol. The van der Waals surface area contributed by atoms with Gasteiger partial charge in [0.25, 0.3) is 0 Å². The van der Waals surface area contributed by atoms with Crippen LogP contribution < -0.4 is 5.73 Å². The van der Waals surface area contributed by atoms with Crippen molar-refractivity contribution >= 4 is 25.7 Å². The first kappa shape index (κ1) is 56.1. The summed E-state index contributed by atoms with van der Waals surface area (Å²) in [5, 5.41) is 8.89. The van der Waals surface area contributed by atoms with Gasteiger partial charge in [0.1, 0.15) is 12.6 Å². The number of aliphatic carboxylic acids is 1. The smallest absolute Gasteiger partial charge is 0.472 e. The lowest BCUT2D eigenvalue weighted by molar-refractivity contribution is -0.161. The fraction of sp³-hybridized carbons (Fsp3) is 0.562. The summed E-state index contributed by atoms with van der Waals surface area (Å²) < 4.78 is 32.5. The number of phosphoric ester groups is 1. The Balaban J connectivity index is 4.60. The summed E-state index contributed by atoms with van der Waals surface area (Å²) in [7, 11) is -4.76. The van der Waals surface area contributed by atoms with Crippen molar-refractivity contribution in [2.24, 2.45) is 5.73 Å². The van der Waals surface area contributed by atoms with Crippen LogP contribution in [0.2, 0.25) is 0 Å². The first-order valence-electron chi connectivity index (χ1n) is 21.9. The van der Waals surface area contributed by atoms with Crippen molar-refractivity contribution in [2.45, 2.75) is 154 Å². The third-order valence-corrected chi connectivity index (χ3v) is 9.47. The molecule has 0 spiro atoms. The van der Waals surface area contributed by atoms with Crippen LogP contribution in [0, 0.1) is 0 Å². The van der Waals surface area contributed by atoms with Gasteiger partial charge in [0.2, 0.25) is 0 Å². The Bertz CT molecular complexity index is 1430. The van der Waals surface area contributed by atoms with Crippen LogP contribution in [-0.4, -0.2) is 59.9 Å². The Morgan fingerprint density at radius 3 is 1.47 bits per heavy atom. The molecule has 0 heterocycles. The molecule has 0 rings (SSSR count). The van der Waals surface area contributed by atoms with Gasteiger partial charge in [0.15, 0.2) is 6.10 Å². The van der Waals surface area contributed by atoms with E-state index in [0.29, 0.717) is 25.7 Å². The van der Waals surface area contributed by atoms with Crippen molar-refractivity contribution in [1.82, 2.24) is 0 Å². The first-order valence-corrected chi connectivity index (χ1v) is 23.4. The molecule has 4 N–H and O–H groups in total. The molecule has 0 aromatic heterocycles. The fourth-order valence-electron chi connectivity index (χ4n) is 5.10. The molecule has 0 bridgehead atoms. The van der Waals surface area contributed by atoms with Gasteiger partial charge >= 0.3 is 25.7 Å². The Morgan fingerprint density at radius 2 is 0.967 bits per heavy atom. The molecule has 60 heavy (non-hydrogen) atoms. The lowest BCUT2D eigenvalue weighted by Crippen LogP contribution is -2.34. The van der Waals surface area contributed by atoms with E-state index in [1.54, 1.807) is 0 Å². The van der Waals surface area contributed by atoms with Gasteiger partial charge in [-0.3, -0.25) is 23.4 Å². The predicted molar refractivity (Wildman–Crippen MR) is 244 cm³/mol. The number of carboxylic acids is 1. The quantitative estimate of drug-likeness (QED) is 0.0232. The average Bonchev–Trinajstić information content (AvgIpc) is 3.22. The maximum absolute atomic E-state index is 12.6. The monoisotopic (exact) mass is 858 g/mol. The molecular formula is C48H76NO10P. The third kappa shape index (κ3) is 40.9. The molecule has 338 valence electrons. The zero-order valence-electron chi connectivity index (χ0n) is 36.5. The first-order chi connectivity index (χ1) is 29.1. The number of hydrogen-bond acceptors (Lipinski definition) is 9. The van der Waals surface area contributed by atoms with E-state index in [0.717, 1.165) is 51.4 Å². The number of nitrogens with two attached hydrogens (primary N) is 1. The van der Waals surface area contributed by atoms with E-state index in [9.17, 15) is 23.8 Å². The number of carboxylic acid groups (broad SMARTS) is 1. The largest absolute Gasteiger partial charge is 0.480 e. The van der Waals surface area contributed by atoms with Gasteiger partial charge < -0.3 is 25.2 Å². The van der Waals surface area contributed by atoms with Crippen molar-refractivity contribution in [1.29, 1.82) is 0 Å². The van der Waals surface area contributed by atoms with Gasteiger partial charge in [-0.1, -0.05) is 155 Å². The van der Waals surface area contributed by atoms with Crippen LogP contribution >= 0.6 is 7.82 Å². The highest BCUT2D eigenvalue weighted by molar-refractivity contribution is 7.47. The molecule has 0 fully saturated rings. The van der Waals surface area contributed by atoms with E-state index in [4.69, 9.17) is 24.8 Å². The highest BCUT2D eigenvalue weighted by Gasteiger charge is 2.28. The number of phosphoric acid groups is 1. The highest BCUT2D eigenvalue weighted by Crippen LogP contribution is 2.43. The molecule has 0 saturated heterocycles. The number of hydrogen-bond donors (Lipinski definition) is 3. The zero-order valence-corrected chi connectivity index (χ0v) is 37.4. The molecule has 1 unspecified atom stereocenters. The molecular weight excluding hydrogens is 781 g/mol. The normalized spacial score (nSPS) is 14.7. The van der Waals surface area contributed by atoms with Crippen LogP contribution in [0.3, 0.4) is 0 Å². The molecule has 0 amide bonds. The van der Waals surface area contributed by atoms with E-state index < -0.39 is 57.7 Å². The van der Waals surface area contributed by atoms with E-state index in [2.05, 4.69) is 97.4 Å². The van der Waals surface area contributed by atoms with Gasteiger partial charge in [-0.15, -0.1) is 0 Å². The van der Waals surface area contributed by atoms with Gasteiger partial charge in [-0.2, -0.15) is 0 Å². The number of esters is 2. The van der Waals surface area contributed by atoms with Crippen molar-refractivity contribution < 1.29 is 47.5 Å². The van der Waals surface area contributed by atoms with E-state index in [1.807, 2.05) is 30.4 Å². The number of carbonyl (C=O) groups excluding carboxylic acids is 2.